The number of aliphatic hydroxyl groups is 1. The fourth-order valence-electron chi connectivity index (χ4n) is 2.67. The van der Waals surface area contributed by atoms with Crippen molar-refractivity contribution in [2.45, 2.75) is 44.2 Å². The summed E-state index contributed by atoms with van der Waals surface area (Å²) in [5.74, 6) is -0.157. The molecule has 0 bridgehead atoms. The van der Waals surface area contributed by atoms with Gasteiger partial charge >= 0.3 is 0 Å². The molecule has 2 unspecified atom stereocenters. The van der Waals surface area contributed by atoms with Crippen LogP contribution in [0.4, 0.5) is 11.4 Å². The number of amides is 1. The summed E-state index contributed by atoms with van der Waals surface area (Å²) in [6, 6.07) is 5.14. The van der Waals surface area contributed by atoms with E-state index in [1.54, 1.807) is 25.2 Å². The highest BCUT2D eigenvalue weighted by molar-refractivity contribution is 6.00. The summed E-state index contributed by atoms with van der Waals surface area (Å²) < 4.78 is 0. The quantitative estimate of drug-likeness (QED) is 0.500. The number of carbonyl (C=O) groups is 1. The molecule has 5 N–H and O–H groups in total. The molecule has 2 atom stereocenters. The molecule has 0 aliphatic heterocycles. The van der Waals surface area contributed by atoms with Crippen LogP contribution in [-0.4, -0.2) is 30.2 Å². The molecule has 5 heteroatoms. The van der Waals surface area contributed by atoms with Crippen LogP contribution in [0.3, 0.4) is 0 Å². The van der Waals surface area contributed by atoms with Gasteiger partial charge in [0.05, 0.1) is 17.7 Å². The Morgan fingerprint density at radius 1 is 1.30 bits per heavy atom. The second kappa shape index (κ2) is 6.61. The van der Waals surface area contributed by atoms with Crippen LogP contribution in [0, 0.1) is 0 Å². The highest BCUT2D eigenvalue weighted by Crippen LogP contribution is 2.25. The molecule has 0 radical (unpaired) electrons. The Morgan fingerprint density at radius 2 is 2.05 bits per heavy atom. The molecule has 0 aromatic heterocycles. The molecule has 0 spiro atoms. The largest absolute Gasteiger partial charge is 0.399 e. The van der Waals surface area contributed by atoms with Crippen LogP contribution in [0.1, 0.15) is 42.5 Å². The summed E-state index contributed by atoms with van der Waals surface area (Å²) in [6.45, 7) is 0. The van der Waals surface area contributed by atoms with Crippen molar-refractivity contribution in [1.82, 2.24) is 5.32 Å². The Hall–Kier alpha value is -1.75. The van der Waals surface area contributed by atoms with E-state index >= 15 is 0 Å². The van der Waals surface area contributed by atoms with E-state index in [0.29, 0.717) is 16.9 Å². The minimum absolute atomic E-state index is 0.0253. The van der Waals surface area contributed by atoms with Gasteiger partial charge in [0.2, 0.25) is 0 Å². The number of hydrogen-bond donors (Lipinski definition) is 4. The van der Waals surface area contributed by atoms with E-state index in [4.69, 9.17) is 5.73 Å². The number of carbonyl (C=O) groups excluding carboxylic acids is 1. The first-order valence-electron chi connectivity index (χ1n) is 7.18. The fraction of sp³-hybridized carbons (Fsp3) is 0.533. The number of nitrogens with one attached hydrogen (secondary N) is 2. The van der Waals surface area contributed by atoms with Crippen molar-refractivity contribution in [3.63, 3.8) is 0 Å². The summed E-state index contributed by atoms with van der Waals surface area (Å²) >= 11 is 0. The Bertz CT molecular complexity index is 476. The fourth-order valence-corrected chi connectivity index (χ4v) is 2.67. The first-order valence-corrected chi connectivity index (χ1v) is 7.18. The molecule has 5 nitrogen and oxygen atoms in total. The minimum atomic E-state index is -0.378. The molecule has 1 amide bonds. The third-order valence-electron chi connectivity index (χ3n) is 3.84. The average molecular weight is 277 g/mol. The number of rotatable bonds is 3. The van der Waals surface area contributed by atoms with Crippen molar-refractivity contribution in [2.75, 3.05) is 18.1 Å². The van der Waals surface area contributed by atoms with Crippen molar-refractivity contribution in [1.29, 1.82) is 0 Å². The van der Waals surface area contributed by atoms with E-state index in [9.17, 15) is 9.90 Å². The van der Waals surface area contributed by atoms with Gasteiger partial charge in [0, 0.05) is 18.4 Å². The maximum absolute atomic E-state index is 11.9. The first-order chi connectivity index (χ1) is 9.61. The summed E-state index contributed by atoms with van der Waals surface area (Å²) in [4.78, 5) is 11.9. The second-order valence-corrected chi connectivity index (χ2v) is 5.34. The maximum Gasteiger partial charge on any atom is 0.253 e. The highest BCUT2D eigenvalue weighted by atomic mass is 16.3. The van der Waals surface area contributed by atoms with Crippen LogP contribution in [0.15, 0.2) is 18.2 Å². The van der Waals surface area contributed by atoms with Crippen LogP contribution in [0.2, 0.25) is 0 Å². The van der Waals surface area contributed by atoms with Crippen LogP contribution in [-0.2, 0) is 0 Å². The molecule has 110 valence electrons. The third-order valence-corrected chi connectivity index (χ3v) is 3.84. The molecular weight excluding hydrogens is 254 g/mol. The van der Waals surface area contributed by atoms with Gasteiger partial charge in [-0.25, -0.2) is 0 Å². The number of anilines is 2. The SMILES string of the molecule is CNC(=O)c1ccc(N)cc1NC1CCCCCC1O. The molecule has 1 fully saturated rings. The summed E-state index contributed by atoms with van der Waals surface area (Å²) in [7, 11) is 1.60. The van der Waals surface area contributed by atoms with Crippen molar-refractivity contribution in [3.05, 3.63) is 23.8 Å². The molecule has 2 rings (SSSR count). The zero-order valence-corrected chi connectivity index (χ0v) is 11.9. The number of aliphatic hydroxyl groups excluding tert-OH is 1. The lowest BCUT2D eigenvalue weighted by molar-refractivity contribution is 0.0963. The van der Waals surface area contributed by atoms with Crippen LogP contribution >= 0.6 is 0 Å². The number of nitrogens with two attached hydrogens (primary N) is 1. The monoisotopic (exact) mass is 277 g/mol. The van der Waals surface area contributed by atoms with Crippen LogP contribution in [0.5, 0.6) is 0 Å². The van der Waals surface area contributed by atoms with Gasteiger partial charge in [0.25, 0.3) is 5.91 Å². The van der Waals surface area contributed by atoms with Gasteiger partial charge < -0.3 is 21.5 Å². The van der Waals surface area contributed by atoms with Gasteiger partial charge in [-0.1, -0.05) is 19.3 Å². The second-order valence-electron chi connectivity index (χ2n) is 5.34. The molecule has 1 saturated carbocycles. The van der Waals surface area contributed by atoms with Gasteiger partial charge in [-0.3, -0.25) is 4.79 Å². The number of nitrogen functional groups attached to an aromatic ring is 1. The van der Waals surface area contributed by atoms with Crippen molar-refractivity contribution in [3.8, 4) is 0 Å². The summed E-state index contributed by atoms with van der Waals surface area (Å²) in [5, 5.41) is 16.1. The van der Waals surface area contributed by atoms with E-state index in [1.807, 2.05) is 0 Å². The van der Waals surface area contributed by atoms with Gasteiger partial charge in [-0.15, -0.1) is 0 Å². The Labute approximate surface area is 119 Å². The molecule has 1 aliphatic rings. The smallest absolute Gasteiger partial charge is 0.253 e. The van der Waals surface area contributed by atoms with Crippen LogP contribution < -0.4 is 16.4 Å². The van der Waals surface area contributed by atoms with Gasteiger partial charge in [-0.05, 0) is 31.0 Å². The standard InChI is InChI=1S/C15H23N3O2/c1-17-15(20)11-8-7-10(16)9-13(11)18-12-5-3-2-4-6-14(12)19/h7-9,12,14,18-19H,2-6,16H2,1H3,(H,17,20). The summed E-state index contributed by atoms with van der Waals surface area (Å²) in [5.41, 5.74) is 7.65. The van der Waals surface area contributed by atoms with E-state index in [2.05, 4.69) is 10.6 Å². The molecule has 20 heavy (non-hydrogen) atoms. The van der Waals surface area contributed by atoms with Gasteiger partial charge in [-0.2, -0.15) is 0 Å². The minimum Gasteiger partial charge on any atom is -0.399 e. The predicted molar refractivity (Wildman–Crippen MR) is 80.7 cm³/mol. The lowest BCUT2D eigenvalue weighted by atomic mass is 10.0. The van der Waals surface area contributed by atoms with Crippen molar-refractivity contribution >= 4 is 17.3 Å². The lowest BCUT2D eigenvalue weighted by Gasteiger charge is -2.24. The average Bonchev–Trinajstić information content (AvgIpc) is 2.64. The molecule has 0 heterocycles. The van der Waals surface area contributed by atoms with E-state index in [1.165, 1.54) is 0 Å². The third kappa shape index (κ3) is 3.42. The number of benzene rings is 1. The van der Waals surface area contributed by atoms with E-state index in [0.717, 1.165) is 32.1 Å². The predicted octanol–water partition coefficient (Wildman–Crippen LogP) is 1.73. The zero-order valence-electron chi connectivity index (χ0n) is 11.9. The maximum atomic E-state index is 11.9. The molecule has 1 aromatic rings. The Morgan fingerprint density at radius 3 is 2.80 bits per heavy atom. The number of hydrogen-bond acceptors (Lipinski definition) is 4. The highest BCUT2D eigenvalue weighted by Gasteiger charge is 2.23. The van der Waals surface area contributed by atoms with Crippen molar-refractivity contribution in [2.24, 2.45) is 0 Å². The van der Waals surface area contributed by atoms with Crippen molar-refractivity contribution < 1.29 is 9.90 Å². The Balaban J connectivity index is 2.22. The molecule has 0 saturated heterocycles. The van der Waals surface area contributed by atoms with Gasteiger partial charge in [0.1, 0.15) is 0 Å². The zero-order chi connectivity index (χ0) is 14.5. The van der Waals surface area contributed by atoms with Crippen LogP contribution in [0.25, 0.3) is 0 Å². The topological polar surface area (TPSA) is 87.4 Å². The van der Waals surface area contributed by atoms with E-state index < -0.39 is 0 Å². The molecule has 1 aromatic carbocycles. The summed E-state index contributed by atoms with van der Waals surface area (Å²) in [6.07, 6.45) is 4.62. The van der Waals surface area contributed by atoms with Gasteiger partial charge in [0.15, 0.2) is 0 Å². The Kier molecular flexibility index (Phi) is 4.84. The normalized spacial score (nSPS) is 22.9. The lowest BCUT2D eigenvalue weighted by Crippen LogP contribution is -2.33. The van der Waals surface area contributed by atoms with E-state index in [-0.39, 0.29) is 18.1 Å². The molecule has 1 aliphatic carbocycles. The molecular formula is C15H23N3O2. The first kappa shape index (κ1) is 14.7.